The third kappa shape index (κ3) is 5.47. The number of nitrogens with zero attached hydrogens (tertiary/aromatic N) is 1. The molecule has 2 N–H and O–H groups in total. The number of nitrogens with one attached hydrogen (secondary N) is 1. The number of hydrogen-bond acceptors (Lipinski definition) is 5. The molecule has 0 aliphatic heterocycles. The summed E-state index contributed by atoms with van der Waals surface area (Å²) >= 11 is 3.32. The number of esters is 1. The average molecular weight is 491 g/mol. The van der Waals surface area contributed by atoms with Crippen molar-refractivity contribution in [3.8, 4) is 11.8 Å². The van der Waals surface area contributed by atoms with Crippen molar-refractivity contribution in [3.63, 3.8) is 0 Å². The molecule has 0 aromatic heterocycles. The molecule has 32 heavy (non-hydrogen) atoms. The molecule has 0 atom stereocenters. The molecule has 0 bridgehead atoms. The molecule has 0 radical (unpaired) electrons. The Labute approximate surface area is 191 Å². The number of halogens is 1. The minimum absolute atomic E-state index is 0.0520. The molecule has 7 nitrogen and oxygen atoms in total. The van der Waals surface area contributed by atoms with Crippen molar-refractivity contribution in [2.24, 2.45) is 0 Å². The van der Waals surface area contributed by atoms with Crippen LogP contribution in [0.2, 0.25) is 0 Å². The molecule has 0 heterocycles. The van der Waals surface area contributed by atoms with Crippen molar-refractivity contribution in [2.45, 2.75) is 0 Å². The van der Waals surface area contributed by atoms with Gasteiger partial charge in [0.05, 0.1) is 16.8 Å². The maximum absolute atomic E-state index is 12.6. The van der Waals surface area contributed by atoms with Gasteiger partial charge >= 0.3 is 11.9 Å². The summed E-state index contributed by atoms with van der Waals surface area (Å²) in [6.45, 7) is 0. The standard InChI is InChI=1S/C24H15BrN2O5/c25-18-10-11-21(32-24(31)15-6-2-1-3-7-15)16(13-18)12-17(14-26)22(28)27-20-9-5-4-8-19(20)23(29)30/h1-13H,(H,27,28)(H,29,30)/b17-12+. The minimum atomic E-state index is -1.22. The number of carboxylic acids is 1. The third-order valence-electron chi connectivity index (χ3n) is 4.25. The zero-order valence-electron chi connectivity index (χ0n) is 16.4. The second-order valence-corrected chi connectivity index (χ2v) is 7.33. The molecule has 0 saturated heterocycles. The Balaban J connectivity index is 1.91. The van der Waals surface area contributed by atoms with Crippen LogP contribution in [0, 0.1) is 11.3 Å². The molecular weight excluding hydrogens is 476 g/mol. The Morgan fingerprint density at radius 2 is 1.69 bits per heavy atom. The van der Waals surface area contributed by atoms with Crippen molar-refractivity contribution >= 4 is 45.5 Å². The van der Waals surface area contributed by atoms with Gasteiger partial charge in [0.25, 0.3) is 5.91 Å². The van der Waals surface area contributed by atoms with Gasteiger partial charge in [-0.05, 0) is 48.5 Å². The fraction of sp³-hybridized carbons (Fsp3) is 0. The van der Waals surface area contributed by atoms with Crippen LogP contribution < -0.4 is 10.1 Å². The summed E-state index contributed by atoms with van der Waals surface area (Å²) in [4.78, 5) is 36.4. The Bertz CT molecular complexity index is 1260. The predicted molar refractivity (Wildman–Crippen MR) is 121 cm³/mol. The summed E-state index contributed by atoms with van der Waals surface area (Å²) < 4.78 is 6.09. The van der Waals surface area contributed by atoms with Crippen LogP contribution in [0.15, 0.2) is 82.8 Å². The first-order valence-corrected chi connectivity index (χ1v) is 10.0. The van der Waals surface area contributed by atoms with Gasteiger partial charge in [0.1, 0.15) is 17.4 Å². The molecule has 0 aliphatic rings. The van der Waals surface area contributed by atoms with Crippen LogP contribution in [0.4, 0.5) is 5.69 Å². The van der Waals surface area contributed by atoms with E-state index in [9.17, 15) is 24.8 Å². The van der Waals surface area contributed by atoms with Crippen LogP contribution in [-0.2, 0) is 4.79 Å². The first kappa shape index (κ1) is 22.5. The van der Waals surface area contributed by atoms with Gasteiger partial charge < -0.3 is 15.2 Å². The number of rotatable bonds is 6. The van der Waals surface area contributed by atoms with Crippen molar-refractivity contribution in [1.82, 2.24) is 0 Å². The number of amides is 1. The number of anilines is 1. The van der Waals surface area contributed by atoms with Gasteiger partial charge in [-0.15, -0.1) is 0 Å². The normalized spacial score (nSPS) is 10.7. The summed E-state index contributed by atoms with van der Waals surface area (Å²) in [5, 5.41) is 21.2. The van der Waals surface area contributed by atoms with E-state index >= 15 is 0 Å². The highest BCUT2D eigenvalue weighted by molar-refractivity contribution is 9.10. The number of aromatic carboxylic acids is 1. The van der Waals surface area contributed by atoms with E-state index in [2.05, 4.69) is 21.2 Å². The fourth-order valence-corrected chi connectivity index (χ4v) is 3.11. The van der Waals surface area contributed by atoms with Gasteiger partial charge in [0, 0.05) is 10.0 Å². The second-order valence-electron chi connectivity index (χ2n) is 6.41. The molecule has 0 aliphatic carbocycles. The van der Waals surface area contributed by atoms with E-state index in [4.69, 9.17) is 4.74 Å². The fourth-order valence-electron chi connectivity index (χ4n) is 2.73. The first-order valence-electron chi connectivity index (χ1n) is 9.21. The summed E-state index contributed by atoms with van der Waals surface area (Å²) in [6.07, 6.45) is 1.26. The Morgan fingerprint density at radius 1 is 1.00 bits per heavy atom. The van der Waals surface area contributed by atoms with Gasteiger partial charge in [-0.3, -0.25) is 4.79 Å². The van der Waals surface area contributed by atoms with E-state index in [-0.39, 0.29) is 22.6 Å². The maximum Gasteiger partial charge on any atom is 0.343 e. The number of carbonyl (C=O) groups excluding carboxylic acids is 2. The predicted octanol–water partition coefficient (Wildman–Crippen LogP) is 4.91. The van der Waals surface area contributed by atoms with E-state index < -0.39 is 17.8 Å². The molecule has 3 aromatic rings. The average Bonchev–Trinajstić information content (AvgIpc) is 2.79. The van der Waals surface area contributed by atoms with E-state index in [1.807, 2.05) is 0 Å². The summed E-state index contributed by atoms with van der Waals surface area (Å²) in [5.41, 5.74) is 0.283. The molecule has 0 fully saturated rings. The van der Waals surface area contributed by atoms with Crippen LogP contribution in [0.25, 0.3) is 6.08 Å². The first-order chi connectivity index (χ1) is 15.4. The zero-order chi connectivity index (χ0) is 23.1. The van der Waals surface area contributed by atoms with Gasteiger partial charge in [-0.25, -0.2) is 9.59 Å². The quantitative estimate of drug-likeness (QED) is 0.219. The van der Waals surface area contributed by atoms with Crippen molar-refractivity contribution < 1.29 is 24.2 Å². The lowest BCUT2D eigenvalue weighted by atomic mass is 10.1. The lowest BCUT2D eigenvalue weighted by Gasteiger charge is -2.10. The number of ether oxygens (including phenoxy) is 1. The van der Waals surface area contributed by atoms with Crippen LogP contribution in [0.5, 0.6) is 5.75 Å². The minimum Gasteiger partial charge on any atom is -0.478 e. The van der Waals surface area contributed by atoms with E-state index in [0.29, 0.717) is 15.6 Å². The van der Waals surface area contributed by atoms with Crippen molar-refractivity contribution in [2.75, 3.05) is 5.32 Å². The molecule has 8 heteroatoms. The monoisotopic (exact) mass is 490 g/mol. The molecule has 3 rings (SSSR count). The number of benzene rings is 3. The Morgan fingerprint density at radius 3 is 2.38 bits per heavy atom. The summed E-state index contributed by atoms with van der Waals surface area (Å²) in [5.74, 6) is -2.47. The van der Waals surface area contributed by atoms with Gasteiger partial charge in [0.2, 0.25) is 0 Å². The largest absolute Gasteiger partial charge is 0.478 e. The lowest BCUT2D eigenvalue weighted by molar-refractivity contribution is -0.112. The molecule has 0 spiro atoms. The highest BCUT2D eigenvalue weighted by Crippen LogP contribution is 2.27. The molecule has 1 amide bonds. The van der Waals surface area contributed by atoms with E-state index in [0.717, 1.165) is 0 Å². The smallest absolute Gasteiger partial charge is 0.343 e. The molecule has 0 saturated carbocycles. The number of carboxylic acid groups (broad SMARTS) is 1. The van der Waals surface area contributed by atoms with Crippen LogP contribution >= 0.6 is 15.9 Å². The molecular formula is C24H15BrN2O5. The number of para-hydroxylation sites is 1. The Kier molecular flexibility index (Phi) is 7.16. The topological polar surface area (TPSA) is 116 Å². The highest BCUT2D eigenvalue weighted by atomic mass is 79.9. The van der Waals surface area contributed by atoms with Crippen LogP contribution in [-0.4, -0.2) is 23.0 Å². The van der Waals surface area contributed by atoms with E-state index in [1.165, 1.54) is 30.3 Å². The summed E-state index contributed by atoms with van der Waals surface area (Å²) in [6, 6.07) is 20.8. The summed E-state index contributed by atoms with van der Waals surface area (Å²) in [7, 11) is 0. The second kappa shape index (κ2) is 10.2. The van der Waals surface area contributed by atoms with Gasteiger partial charge in [-0.2, -0.15) is 5.26 Å². The van der Waals surface area contributed by atoms with Crippen LogP contribution in [0.3, 0.4) is 0 Å². The third-order valence-corrected chi connectivity index (χ3v) is 4.75. The van der Waals surface area contributed by atoms with Gasteiger partial charge in [-0.1, -0.05) is 46.3 Å². The zero-order valence-corrected chi connectivity index (χ0v) is 18.0. The van der Waals surface area contributed by atoms with Crippen molar-refractivity contribution in [1.29, 1.82) is 5.26 Å². The number of hydrogen-bond donors (Lipinski definition) is 2. The van der Waals surface area contributed by atoms with Gasteiger partial charge in [0.15, 0.2) is 0 Å². The van der Waals surface area contributed by atoms with Crippen LogP contribution in [0.1, 0.15) is 26.3 Å². The number of nitriles is 1. The highest BCUT2D eigenvalue weighted by Gasteiger charge is 2.17. The molecule has 0 unspecified atom stereocenters. The maximum atomic E-state index is 12.6. The molecule has 3 aromatic carbocycles. The molecule has 158 valence electrons. The number of carbonyl (C=O) groups is 3. The van der Waals surface area contributed by atoms with E-state index in [1.54, 1.807) is 54.6 Å². The SMILES string of the molecule is N#C/C(=C\c1cc(Br)ccc1OC(=O)c1ccccc1)C(=O)Nc1ccccc1C(=O)O. The van der Waals surface area contributed by atoms with Crippen molar-refractivity contribution in [3.05, 3.63) is 99.5 Å². The Hall–Kier alpha value is -4.22. The lowest BCUT2D eigenvalue weighted by Crippen LogP contribution is -2.16.